The Bertz CT molecular complexity index is 1710. The van der Waals surface area contributed by atoms with E-state index in [1.807, 2.05) is 83.9 Å². The molecule has 1 saturated heterocycles. The van der Waals surface area contributed by atoms with Gasteiger partial charge in [0.25, 0.3) is 0 Å². The maximum atomic E-state index is 14.8. The molecule has 3 heterocycles. The molecule has 0 aromatic heterocycles. The number of anilines is 1. The van der Waals surface area contributed by atoms with E-state index >= 15 is 0 Å². The van der Waals surface area contributed by atoms with Gasteiger partial charge in [-0.15, -0.1) is 0 Å². The van der Waals surface area contributed by atoms with Gasteiger partial charge in [0, 0.05) is 23.0 Å². The molecule has 6 heteroatoms. The van der Waals surface area contributed by atoms with E-state index in [-0.39, 0.29) is 17.5 Å². The van der Waals surface area contributed by atoms with Crippen molar-refractivity contribution in [3.05, 3.63) is 137 Å². The van der Waals surface area contributed by atoms with Crippen molar-refractivity contribution < 1.29 is 19.1 Å². The van der Waals surface area contributed by atoms with Crippen molar-refractivity contribution in [1.82, 2.24) is 4.90 Å². The number of Topliss-reactive ketones (excluding diaryl/α,β-unsaturated/α-hetero) is 2. The molecule has 4 atom stereocenters. The third-order valence-electron chi connectivity index (χ3n) is 8.53. The molecule has 6 nitrogen and oxygen atoms in total. The molecule has 7 rings (SSSR count). The van der Waals surface area contributed by atoms with Crippen LogP contribution in [0, 0.1) is 5.92 Å². The quantitative estimate of drug-likeness (QED) is 0.339. The molecule has 1 N–H and O–H groups in total. The number of benzene rings is 4. The molecule has 0 bridgehead atoms. The number of nitrogens with zero attached hydrogens (tertiary/aromatic N) is 1. The summed E-state index contributed by atoms with van der Waals surface area (Å²) in [4.78, 5) is 45.6. The van der Waals surface area contributed by atoms with E-state index in [4.69, 9.17) is 4.74 Å². The molecule has 0 radical (unpaired) electrons. The second-order valence-electron chi connectivity index (χ2n) is 10.4. The molecule has 1 fully saturated rings. The fraction of sp³-hybridized carbons (Fsp3) is 0.147. The first-order chi connectivity index (χ1) is 19.6. The smallest absolute Gasteiger partial charge is 0.238 e. The number of para-hydroxylation sites is 1. The second kappa shape index (κ2) is 9.06. The Labute approximate surface area is 231 Å². The lowest BCUT2D eigenvalue weighted by molar-refractivity contribution is -0.122. The maximum Gasteiger partial charge on any atom is 0.238 e. The van der Waals surface area contributed by atoms with Crippen LogP contribution in [0.2, 0.25) is 0 Å². The zero-order chi connectivity index (χ0) is 27.4. The third-order valence-corrected chi connectivity index (χ3v) is 8.53. The number of nitrogens with one attached hydrogen (secondary N) is 1. The minimum atomic E-state index is -1.35. The van der Waals surface area contributed by atoms with Crippen LogP contribution in [0.25, 0.3) is 6.08 Å². The molecule has 0 aliphatic carbocycles. The second-order valence-corrected chi connectivity index (χ2v) is 10.4. The van der Waals surface area contributed by atoms with Gasteiger partial charge in [-0.05, 0) is 41.0 Å². The summed E-state index contributed by atoms with van der Waals surface area (Å²) >= 11 is 0. The number of rotatable bonds is 5. The van der Waals surface area contributed by atoms with Gasteiger partial charge in [0.05, 0.1) is 19.1 Å². The van der Waals surface area contributed by atoms with Crippen LogP contribution >= 0.6 is 0 Å². The Morgan fingerprint density at radius 1 is 0.825 bits per heavy atom. The number of fused-ring (bicyclic) bond motifs is 6. The van der Waals surface area contributed by atoms with Crippen LogP contribution in [-0.2, 0) is 10.2 Å². The number of amides is 1. The lowest BCUT2D eigenvalue weighted by atomic mass is 9.62. The predicted octanol–water partition coefficient (Wildman–Crippen LogP) is 5.68. The van der Waals surface area contributed by atoms with E-state index in [2.05, 4.69) is 5.32 Å². The fourth-order valence-electron chi connectivity index (χ4n) is 6.90. The van der Waals surface area contributed by atoms with Crippen molar-refractivity contribution in [1.29, 1.82) is 0 Å². The van der Waals surface area contributed by atoms with Crippen LogP contribution in [0.15, 0.2) is 109 Å². The summed E-state index contributed by atoms with van der Waals surface area (Å²) in [6, 6.07) is 29.8. The van der Waals surface area contributed by atoms with Crippen LogP contribution in [0.3, 0.4) is 0 Å². The Morgan fingerprint density at radius 2 is 1.55 bits per heavy atom. The summed E-state index contributed by atoms with van der Waals surface area (Å²) < 4.78 is 5.43. The minimum absolute atomic E-state index is 0.204. The molecule has 3 aliphatic heterocycles. The van der Waals surface area contributed by atoms with Crippen LogP contribution in [-0.4, -0.2) is 35.5 Å². The van der Waals surface area contributed by atoms with E-state index in [1.54, 1.807) is 43.5 Å². The van der Waals surface area contributed by atoms with Crippen LogP contribution < -0.4 is 10.1 Å². The number of methoxy groups -OCH3 is 1. The Balaban J connectivity index is 1.54. The average molecular weight is 527 g/mol. The summed E-state index contributed by atoms with van der Waals surface area (Å²) in [6.45, 7) is 0. The van der Waals surface area contributed by atoms with E-state index in [0.29, 0.717) is 22.6 Å². The zero-order valence-corrected chi connectivity index (χ0v) is 21.8. The van der Waals surface area contributed by atoms with Crippen molar-refractivity contribution in [3.63, 3.8) is 0 Å². The van der Waals surface area contributed by atoms with Crippen molar-refractivity contribution in [3.8, 4) is 5.75 Å². The van der Waals surface area contributed by atoms with Crippen molar-refractivity contribution in [2.45, 2.75) is 17.5 Å². The summed E-state index contributed by atoms with van der Waals surface area (Å²) in [6.07, 6.45) is 3.84. The summed E-state index contributed by atoms with van der Waals surface area (Å²) in [5.74, 6) is -1.25. The molecule has 1 amide bonds. The highest BCUT2D eigenvalue weighted by atomic mass is 16.5. The minimum Gasteiger partial charge on any atom is -0.497 e. The number of ether oxygens (including phenoxy) is 1. The molecule has 0 unspecified atom stereocenters. The van der Waals surface area contributed by atoms with Gasteiger partial charge in [-0.25, -0.2) is 0 Å². The SMILES string of the molecule is COc1cccc(C(=O)[C@@H]2[C@H](C(=O)c3ccccc3)N3C=Cc4ccccc4[C@@H]3[C@]23C(=O)Nc2ccccc23)c1. The average Bonchev–Trinajstić information content (AvgIpc) is 3.49. The van der Waals surface area contributed by atoms with Gasteiger partial charge >= 0.3 is 0 Å². The molecule has 3 aliphatic rings. The van der Waals surface area contributed by atoms with Gasteiger partial charge in [0.15, 0.2) is 11.6 Å². The molecule has 40 heavy (non-hydrogen) atoms. The van der Waals surface area contributed by atoms with Gasteiger partial charge in [0.1, 0.15) is 17.2 Å². The number of ketones is 2. The van der Waals surface area contributed by atoms with Gasteiger partial charge in [-0.3, -0.25) is 14.4 Å². The van der Waals surface area contributed by atoms with Gasteiger partial charge in [-0.2, -0.15) is 0 Å². The van der Waals surface area contributed by atoms with Gasteiger partial charge in [-0.1, -0.05) is 84.9 Å². The number of carbonyl (C=O) groups excluding carboxylic acids is 3. The maximum absolute atomic E-state index is 14.8. The van der Waals surface area contributed by atoms with Crippen molar-refractivity contribution in [2.75, 3.05) is 12.4 Å². The normalized spacial score (nSPS) is 23.8. The molecular weight excluding hydrogens is 500 g/mol. The van der Waals surface area contributed by atoms with E-state index < -0.39 is 23.4 Å². The summed E-state index contributed by atoms with van der Waals surface area (Å²) in [7, 11) is 1.55. The Kier molecular flexibility index (Phi) is 5.46. The predicted molar refractivity (Wildman–Crippen MR) is 152 cm³/mol. The lowest BCUT2D eigenvalue weighted by Crippen LogP contribution is -2.49. The van der Waals surface area contributed by atoms with Crippen LogP contribution in [0.1, 0.15) is 43.4 Å². The summed E-state index contributed by atoms with van der Waals surface area (Å²) in [5.41, 5.74) is 2.78. The van der Waals surface area contributed by atoms with Crippen LogP contribution in [0.5, 0.6) is 5.75 Å². The lowest BCUT2D eigenvalue weighted by Gasteiger charge is -2.38. The third kappa shape index (κ3) is 3.26. The molecule has 4 aromatic rings. The van der Waals surface area contributed by atoms with Crippen molar-refractivity contribution in [2.24, 2.45) is 5.92 Å². The van der Waals surface area contributed by atoms with Gasteiger partial charge < -0.3 is 15.0 Å². The largest absolute Gasteiger partial charge is 0.497 e. The van der Waals surface area contributed by atoms with Gasteiger partial charge in [0.2, 0.25) is 5.91 Å². The molecule has 1 spiro atoms. The fourth-order valence-corrected chi connectivity index (χ4v) is 6.90. The highest BCUT2D eigenvalue weighted by Gasteiger charge is 2.70. The number of hydrogen-bond donors (Lipinski definition) is 1. The molecule has 4 aromatic carbocycles. The van der Waals surface area contributed by atoms with Crippen molar-refractivity contribution >= 4 is 29.2 Å². The molecule has 0 saturated carbocycles. The van der Waals surface area contributed by atoms with E-state index in [9.17, 15) is 14.4 Å². The number of hydrogen-bond acceptors (Lipinski definition) is 5. The molecule has 196 valence electrons. The highest BCUT2D eigenvalue weighted by molar-refractivity contribution is 6.16. The van der Waals surface area contributed by atoms with E-state index in [1.165, 1.54) is 0 Å². The highest BCUT2D eigenvalue weighted by Crippen LogP contribution is 2.62. The molecular formula is C34H26N2O4. The number of carbonyl (C=O) groups is 3. The monoisotopic (exact) mass is 526 g/mol. The zero-order valence-electron chi connectivity index (χ0n) is 21.8. The first-order valence-electron chi connectivity index (χ1n) is 13.3. The topological polar surface area (TPSA) is 75.7 Å². The Morgan fingerprint density at radius 3 is 2.38 bits per heavy atom. The first-order valence-corrected chi connectivity index (χ1v) is 13.3. The Hall–Kier alpha value is -4.97. The summed E-state index contributed by atoms with van der Waals surface area (Å²) in [5, 5.41) is 3.07. The first kappa shape index (κ1) is 24.1. The van der Waals surface area contributed by atoms with Crippen LogP contribution in [0.4, 0.5) is 5.69 Å². The standard InChI is InChI=1S/C34H26N2O4/c1-40-24-14-9-13-23(20-24)30(37)28-29(31(38)22-11-3-2-4-12-22)36-19-18-21-10-5-6-15-25(21)32(36)34(28)26-16-7-8-17-27(26)35-33(34)39/h2-20,28-29,32H,1H3,(H,35,39)/t28-,29+,32+,34+/m0/s1. The van der Waals surface area contributed by atoms with E-state index in [0.717, 1.165) is 16.7 Å².